The maximum absolute atomic E-state index is 12.6. The number of aromatic nitrogens is 1. The van der Waals surface area contributed by atoms with Crippen LogP contribution in [0.1, 0.15) is 32.1 Å². The maximum Gasteiger partial charge on any atom is 0.420 e. The lowest BCUT2D eigenvalue weighted by molar-refractivity contribution is -0.144. The monoisotopic (exact) mass is 357 g/mol. The topological polar surface area (TPSA) is 92.8 Å². The van der Waals surface area contributed by atoms with Crippen LogP contribution in [0.2, 0.25) is 0 Å². The van der Waals surface area contributed by atoms with Gasteiger partial charge in [0.25, 0.3) is 0 Å². The van der Waals surface area contributed by atoms with Crippen LogP contribution in [0, 0.1) is 0 Å². The Morgan fingerprint density at radius 1 is 0.923 bits per heavy atom. The second kappa shape index (κ2) is 6.44. The van der Waals surface area contributed by atoms with Gasteiger partial charge in [-0.15, -0.1) is 0 Å². The molecule has 0 spiro atoms. The first kappa shape index (κ1) is 16.6. The van der Waals surface area contributed by atoms with E-state index in [-0.39, 0.29) is 19.1 Å². The van der Waals surface area contributed by atoms with E-state index in [4.69, 9.17) is 4.42 Å². The molecule has 0 bridgehead atoms. The van der Waals surface area contributed by atoms with E-state index in [1.807, 2.05) is 0 Å². The Morgan fingerprint density at radius 3 is 2.42 bits per heavy atom. The summed E-state index contributed by atoms with van der Waals surface area (Å²) in [4.78, 5) is 51.3. The molecular formula is C18H19N3O5. The molecule has 8 heteroatoms. The summed E-state index contributed by atoms with van der Waals surface area (Å²) >= 11 is 0. The molecule has 2 aliphatic rings. The van der Waals surface area contributed by atoms with E-state index in [2.05, 4.69) is 0 Å². The summed E-state index contributed by atoms with van der Waals surface area (Å²) in [5.41, 5.74) is 1.03. The van der Waals surface area contributed by atoms with Crippen LogP contribution < -0.4 is 5.76 Å². The largest absolute Gasteiger partial charge is 0.420 e. The van der Waals surface area contributed by atoms with Crippen molar-refractivity contribution < 1.29 is 18.8 Å². The van der Waals surface area contributed by atoms with Gasteiger partial charge in [0, 0.05) is 19.1 Å². The van der Waals surface area contributed by atoms with Crippen molar-refractivity contribution in [1.29, 1.82) is 0 Å². The van der Waals surface area contributed by atoms with Crippen LogP contribution in [0.4, 0.5) is 4.79 Å². The minimum atomic E-state index is -0.818. The number of carbonyl (C=O) groups is 3. The van der Waals surface area contributed by atoms with Crippen LogP contribution in [0.5, 0.6) is 0 Å². The lowest BCUT2D eigenvalue weighted by atomic mass is 9.94. The van der Waals surface area contributed by atoms with Crippen molar-refractivity contribution >= 4 is 28.9 Å². The number of fused-ring (bicyclic) bond motifs is 1. The number of rotatable bonds is 4. The van der Waals surface area contributed by atoms with Gasteiger partial charge in [-0.05, 0) is 25.0 Å². The van der Waals surface area contributed by atoms with E-state index in [0.717, 1.165) is 41.9 Å². The second-order valence-electron chi connectivity index (χ2n) is 6.69. The number of oxazole rings is 1. The molecule has 4 amide bonds. The molecule has 4 rings (SSSR count). The van der Waals surface area contributed by atoms with Gasteiger partial charge in [0.2, 0.25) is 0 Å². The number of nitrogens with zero attached hydrogens (tertiary/aromatic N) is 3. The van der Waals surface area contributed by atoms with Gasteiger partial charge in [-0.1, -0.05) is 31.4 Å². The zero-order valence-corrected chi connectivity index (χ0v) is 14.2. The number of hydrogen-bond acceptors (Lipinski definition) is 5. The Morgan fingerprint density at radius 2 is 1.65 bits per heavy atom. The molecule has 0 atom stereocenters. The molecule has 26 heavy (non-hydrogen) atoms. The molecule has 8 nitrogen and oxygen atoms in total. The first-order valence-corrected chi connectivity index (χ1v) is 8.85. The zero-order chi connectivity index (χ0) is 18.3. The van der Waals surface area contributed by atoms with Crippen molar-refractivity contribution in [3.63, 3.8) is 0 Å². The molecule has 0 N–H and O–H groups in total. The van der Waals surface area contributed by atoms with Crippen LogP contribution in [0.3, 0.4) is 0 Å². The van der Waals surface area contributed by atoms with Crippen LogP contribution in [-0.2, 0) is 16.1 Å². The number of amides is 4. The lowest BCUT2D eigenvalue weighted by Gasteiger charge is -2.28. The Kier molecular flexibility index (Phi) is 4.10. The minimum absolute atomic E-state index is 0.0456. The normalized spacial score (nSPS) is 19.2. The summed E-state index contributed by atoms with van der Waals surface area (Å²) in [6.07, 6.45) is 4.47. The van der Waals surface area contributed by atoms with Crippen LogP contribution in [0.15, 0.2) is 33.5 Å². The average molecular weight is 357 g/mol. The number of benzene rings is 1. The van der Waals surface area contributed by atoms with Crippen LogP contribution in [-0.4, -0.2) is 44.8 Å². The van der Waals surface area contributed by atoms with Gasteiger partial charge in [0.1, 0.15) is 0 Å². The number of para-hydroxylation sites is 2. The number of carbonyl (C=O) groups excluding carboxylic acids is 3. The molecule has 1 aromatic carbocycles. The van der Waals surface area contributed by atoms with Crippen LogP contribution in [0.25, 0.3) is 11.1 Å². The first-order valence-electron chi connectivity index (χ1n) is 8.85. The van der Waals surface area contributed by atoms with Gasteiger partial charge in [-0.3, -0.25) is 24.0 Å². The molecule has 1 saturated heterocycles. The third-order valence-electron chi connectivity index (χ3n) is 5.14. The van der Waals surface area contributed by atoms with Gasteiger partial charge >= 0.3 is 23.6 Å². The Balaban J connectivity index is 1.53. The number of urea groups is 1. The Bertz CT molecular complexity index is 938. The van der Waals surface area contributed by atoms with Crippen molar-refractivity contribution in [1.82, 2.24) is 14.4 Å². The van der Waals surface area contributed by atoms with E-state index < -0.39 is 23.6 Å². The zero-order valence-electron chi connectivity index (χ0n) is 14.2. The summed E-state index contributed by atoms with van der Waals surface area (Å²) < 4.78 is 6.51. The predicted molar refractivity (Wildman–Crippen MR) is 91.3 cm³/mol. The average Bonchev–Trinajstić information content (AvgIpc) is 3.08. The molecule has 1 aliphatic heterocycles. The Labute approximate surface area is 149 Å². The molecule has 0 radical (unpaired) electrons. The summed E-state index contributed by atoms with van der Waals surface area (Å²) in [5, 5.41) is 0. The quantitative estimate of drug-likeness (QED) is 0.613. The molecule has 1 aliphatic carbocycles. The van der Waals surface area contributed by atoms with E-state index in [9.17, 15) is 19.2 Å². The van der Waals surface area contributed by atoms with Gasteiger partial charge in [0.05, 0.1) is 5.52 Å². The van der Waals surface area contributed by atoms with Crippen molar-refractivity contribution in [2.24, 2.45) is 0 Å². The lowest BCUT2D eigenvalue weighted by Crippen LogP contribution is -2.42. The van der Waals surface area contributed by atoms with Crippen molar-refractivity contribution in [3.05, 3.63) is 34.8 Å². The fraction of sp³-hybridized carbons (Fsp3) is 0.444. The van der Waals surface area contributed by atoms with Gasteiger partial charge in [-0.25, -0.2) is 9.59 Å². The molecule has 2 heterocycles. The third-order valence-corrected chi connectivity index (χ3v) is 5.14. The van der Waals surface area contributed by atoms with E-state index in [1.54, 1.807) is 24.3 Å². The fourth-order valence-corrected chi connectivity index (χ4v) is 3.81. The smallest absolute Gasteiger partial charge is 0.408 e. The summed E-state index contributed by atoms with van der Waals surface area (Å²) in [7, 11) is 0. The highest BCUT2D eigenvalue weighted by Crippen LogP contribution is 2.27. The van der Waals surface area contributed by atoms with Crippen LogP contribution >= 0.6 is 0 Å². The number of hydrogen-bond donors (Lipinski definition) is 0. The minimum Gasteiger partial charge on any atom is -0.408 e. The first-order chi connectivity index (χ1) is 12.6. The third kappa shape index (κ3) is 2.61. The highest BCUT2D eigenvalue weighted by molar-refractivity contribution is 6.44. The van der Waals surface area contributed by atoms with Gasteiger partial charge < -0.3 is 4.42 Å². The molecule has 2 fully saturated rings. The van der Waals surface area contributed by atoms with Crippen molar-refractivity contribution in [3.8, 4) is 0 Å². The van der Waals surface area contributed by atoms with Gasteiger partial charge in [-0.2, -0.15) is 0 Å². The van der Waals surface area contributed by atoms with E-state index in [0.29, 0.717) is 11.1 Å². The van der Waals surface area contributed by atoms with E-state index in [1.165, 1.54) is 4.57 Å². The van der Waals surface area contributed by atoms with Crippen molar-refractivity contribution in [2.45, 2.75) is 44.7 Å². The maximum atomic E-state index is 12.6. The van der Waals surface area contributed by atoms with E-state index >= 15 is 0 Å². The molecule has 1 saturated carbocycles. The molecule has 136 valence electrons. The molecular weight excluding hydrogens is 338 g/mol. The Hall–Kier alpha value is -2.90. The molecule has 1 aromatic heterocycles. The predicted octanol–water partition coefficient (Wildman–Crippen LogP) is 1.72. The molecule has 2 aromatic rings. The standard InChI is InChI=1S/C18H19N3O5/c22-15-16(23)21(12-6-2-1-3-7-12)17(24)20(15)11-10-19-13-8-4-5-9-14(13)26-18(19)25/h4-5,8-9,12H,1-3,6-7,10-11H2. The van der Waals surface area contributed by atoms with Gasteiger partial charge in [0.15, 0.2) is 5.58 Å². The van der Waals surface area contributed by atoms with Crippen molar-refractivity contribution in [2.75, 3.05) is 6.54 Å². The highest BCUT2D eigenvalue weighted by atomic mass is 16.4. The fourth-order valence-electron chi connectivity index (χ4n) is 3.81. The summed E-state index contributed by atoms with van der Waals surface area (Å²) in [6.45, 7) is 0.0369. The SMILES string of the molecule is O=C1C(=O)N(C2CCCCC2)C(=O)N1CCn1c(=O)oc2ccccc21. The number of imide groups is 2. The highest BCUT2D eigenvalue weighted by Gasteiger charge is 2.47. The second-order valence-corrected chi connectivity index (χ2v) is 6.69. The molecule has 0 unspecified atom stereocenters. The summed E-state index contributed by atoms with van der Waals surface area (Å²) in [5.74, 6) is -2.13. The summed E-state index contributed by atoms with van der Waals surface area (Å²) in [6, 6.07) is 6.15.